The molecule has 2 aromatic heterocycles. The molecule has 0 aromatic carbocycles. The lowest BCUT2D eigenvalue weighted by atomic mass is 10.3. The summed E-state index contributed by atoms with van der Waals surface area (Å²) in [6, 6.07) is 0. The van der Waals surface area contributed by atoms with Crippen LogP contribution in [0.25, 0.3) is 5.69 Å². The fraction of sp³-hybridized carbons (Fsp3) is 0.400. The summed E-state index contributed by atoms with van der Waals surface area (Å²) >= 11 is 3.39. The molecule has 0 aliphatic heterocycles. The van der Waals surface area contributed by atoms with Crippen LogP contribution in [0, 0.1) is 0 Å². The zero-order valence-corrected chi connectivity index (χ0v) is 10.4. The molecule has 5 heteroatoms. The Morgan fingerprint density at radius 3 is 2.80 bits per heavy atom. The first kappa shape index (κ1) is 10.4. The Bertz CT molecular complexity index is 458. The van der Waals surface area contributed by atoms with Crippen LogP contribution in [-0.2, 0) is 18.8 Å². The Kier molecular flexibility index (Phi) is 2.90. The van der Waals surface area contributed by atoms with Crippen LogP contribution in [-0.4, -0.2) is 19.3 Å². The third-order valence-electron chi connectivity index (χ3n) is 2.27. The van der Waals surface area contributed by atoms with E-state index in [9.17, 15) is 0 Å². The minimum atomic E-state index is 0.779. The summed E-state index contributed by atoms with van der Waals surface area (Å²) in [5.74, 6) is 0. The van der Waals surface area contributed by atoms with Crippen molar-refractivity contribution >= 4 is 15.9 Å². The monoisotopic (exact) mass is 268 g/mol. The molecule has 0 N–H and O–H groups in total. The summed E-state index contributed by atoms with van der Waals surface area (Å²) in [6.07, 6.45) is 6.79. The van der Waals surface area contributed by atoms with Gasteiger partial charge in [0.15, 0.2) is 0 Å². The molecule has 0 radical (unpaired) electrons. The normalized spacial score (nSPS) is 10.9. The summed E-state index contributed by atoms with van der Waals surface area (Å²) < 4.78 is 3.85. The van der Waals surface area contributed by atoms with Crippen LogP contribution in [0.4, 0.5) is 0 Å². The maximum absolute atomic E-state index is 4.40. The molecule has 80 valence electrons. The third kappa shape index (κ3) is 1.97. The van der Waals surface area contributed by atoms with Crippen LogP contribution in [0.1, 0.15) is 18.3 Å². The van der Waals surface area contributed by atoms with Crippen molar-refractivity contribution in [2.45, 2.75) is 18.7 Å². The van der Waals surface area contributed by atoms with Crippen molar-refractivity contribution in [3.05, 3.63) is 30.1 Å². The van der Waals surface area contributed by atoms with Crippen molar-refractivity contribution in [2.75, 3.05) is 0 Å². The SMILES string of the molecule is CCc1nn(C)cc1-n1cnc(CBr)c1. The standard InChI is InChI=1S/C10H13BrN4/c1-3-9-10(6-14(2)13-9)15-5-8(4-11)12-7-15/h5-7H,3-4H2,1-2H3. The van der Waals surface area contributed by atoms with Crippen molar-refractivity contribution in [3.63, 3.8) is 0 Å². The highest BCUT2D eigenvalue weighted by molar-refractivity contribution is 9.08. The van der Waals surface area contributed by atoms with Crippen LogP contribution in [0.5, 0.6) is 0 Å². The molecule has 0 spiro atoms. The molecule has 0 fully saturated rings. The maximum atomic E-state index is 4.40. The van der Waals surface area contributed by atoms with E-state index in [0.717, 1.165) is 28.8 Å². The molecular formula is C10H13BrN4. The molecule has 0 saturated heterocycles. The number of rotatable bonds is 3. The van der Waals surface area contributed by atoms with E-state index in [0.29, 0.717) is 0 Å². The van der Waals surface area contributed by atoms with E-state index in [1.807, 2.05) is 35.0 Å². The second-order valence-corrected chi connectivity index (χ2v) is 3.95. The fourth-order valence-electron chi connectivity index (χ4n) is 1.55. The second kappa shape index (κ2) is 4.18. The molecule has 0 aliphatic carbocycles. The van der Waals surface area contributed by atoms with Gasteiger partial charge in [-0.25, -0.2) is 4.98 Å². The van der Waals surface area contributed by atoms with Gasteiger partial charge in [-0.3, -0.25) is 4.68 Å². The summed E-state index contributed by atoms with van der Waals surface area (Å²) in [7, 11) is 1.94. The van der Waals surface area contributed by atoms with E-state index in [1.165, 1.54) is 0 Å². The number of aryl methyl sites for hydroxylation is 2. The van der Waals surface area contributed by atoms with Crippen molar-refractivity contribution in [1.29, 1.82) is 0 Å². The number of halogens is 1. The van der Waals surface area contributed by atoms with E-state index in [2.05, 4.69) is 32.9 Å². The van der Waals surface area contributed by atoms with Crippen LogP contribution in [0.3, 0.4) is 0 Å². The number of hydrogen-bond donors (Lipinski definition) is 0. The largest absolute Gasteiger partial charge is 0.303 e. The Balaban J connectivity index is 2.43. The summed E-state index contributed by atoms with van der Waals surface area (Å²) in [6.45, 7) is 2.11. The average molecular weight is 269 g/mol. The summed E-state index contributed by atoms with van der Waals surface area (Å²) in [4.78, 5) is 4.27. The molecule has 0 saturated carbocycles. The Labute approximate surface area is 97.1 Å². The third-order valence-corrected chi connectivity index (χ3v) is 2.84. The first-order valence-corrected chi connectivity index (χ1v) is 5.98. The van der Waals surface area contributed by atoms with Crippen molar-refractivity contribution in [3.8, 4) is 5.69 Å². The predicted octanol–water partition coefficient (Wildman–Crippen LogP) is 2.06. The average Bonchev–Trinajstić information content (AvgIpc) is 2.82. The zero-order valence-electron chi connectivity index (χ0n) is 8.81. The summed E-state index contributed by atoms with van der Waals surface area (Å²) in [5.41, 5.74) is 3.23. The number of imidazole rings is 1. The van der Waals surface area contributed by atoms with E-state index in [-0.39, 0.29) is 0 Å². The highest BCUT2D eigenvalue weighted by Gasteiger charge is 2.08. The van der Waals surface area contributed by atoms with Gasteiger partial charge in [0.05, 0.1) is 23.4 Å². The molecule has 15 heavy (non-hydrogen) atoms. The van der Waals surface area contributed by atoms with Crippen LogP contribution in [0.15, 0.2) is 18.7 Å². The maximum Gasteiger partial charge on any atom is 0.0996 e. The zero-order chi connectivity index (χ0) is 10.8. The van der Waals surface area contributed by atoms with Crippen molar-refractivity contribution < 1.29 is 0 Å². The van der Waals surface area contributed by atoms with Gasteiger partial charge in [0.1, 0.15) is 0 Å². The van der Waals surface area contributed by atoms with Crippen LogP contribution >= 0.6 is 15.9 Å². The Morgan fingerprint density at radius 1 is 1.40 bits per heavy atom. The van der Waals surface area contributed by atoms with Gasteiger partial charge >= 0.3 is 0 Å². The minimum absolute atomic E-state index is 0.779. The molecule has 2 heterocycles. The van der Waals surface area contributed by atoms with Gasteiger partial charge in [-0.15, -0.1) is 0 Å². The molecule has 0 atom stereocenters. The number of hydrogen-bond acceptors (Lipinski definition) is 2. The van der Waals surface area contributed by atoms with Crippen molar-refractivity contribution in [1.82, 2.24) is 19.3 Å². The molecular weight excluding hydrogens is 256 g/mol. The van der Waals surface area contributed by atoms with E-state index < -0.39 is 0 Å². The van der Waals surface area contributed by atoms with Gasteiger partial charge in [0, 0.05) is 24.8 Å². The molecule has 0 aliphatic rings. The lowest BCUT2D eigenvalue weighted by molar-refractivity contribution is 0.746. The van der Waals surface area contributed by atoms with E-state index >= 15 is 0 Å². The molecule has 4 nitrogen and oxygen atoms in total. The smallest absolute Gasteiger partial charge is 0.0996 e. The van der Waals surface area contributed by atoms with E-state index in [4.69, 9.17) is 0 Å². The number of aromatic nitrogens is 4. The number of alkyl halides is 1. The first-order valence-electron chi connectivity index (χ1n) is 4.86. The first-order chi connectivity index (χ1) is 7.24. The minimum Gasteiger partial charge on any atom is -0.303 e. The second-order valence-electron chi connectivity index (χ2n) is 3.39. The predicted molar refractivity (Wildman–Crippen MR) is 62.3 cm³/mol. The highest BCUT2D eigenvalue weighted by atomic mass is 79.9. The van der Waals surface area contributed by atoms with Gasteiger partial charge in [-0.1, -0.05) is 22.9 Å². The molecule has 0 amide bonds. The molecule has 2 aromatic rings. The van der Waals surface area contributed by atoms with E-state index in [1.54, 1.807) is 0 Å². The lowest BCUT2D eigenvalue weighted by Gasteiger charge is -1.98. The van der Waals surface area contributed by atoms with Gasteiger partial charge in [-0.05, 0) is 6.42 Å². The molecule has 0 bridgehead atoms. The van der Waals surface area contributed by atoms with Crippen molar-refractivity contribution in [2.24, 2.45) is 7.05 Å². The Morgan fingerprint density at radius 2 is 2.20 bits per heavy atom. The van der Waals surface area contributed by atoms with Gasteiger partial charge in [-0.2, -0.15) is 5.10 Å². The lowest BCUT2D eigenvalue weighted by Crippen LogP contribution is -1.93. The Hall–Kier alpha value is -1.10. The molecule has 2 rings (SSSR count). The molecule has 0 unspecified atom stereocenters. The van der Waals surface area contributed by atoms with Gasteiger partial charge in [0.2, 0.25) is 0 Å². The summed E-state index contributed by atoms with van der Waals surface area (Å²) in [5, 5.41) is 5.18. The van der Waals surface area contributed by atoms with Gasteiger partial charge < -0.3 is 4.57 Å². The highest BCUT2D eigenvalue weighted by Crippen LogP contribution is 2.14. The fourth-order valence-corrected chi connectivity index (χ4v) is 1.84. The van der Waals surface area contributed by atoms with Crippen LogP contribution in [0.2, 0.25) is 0 Å². The number of nitrogens with zero attached hydrogens (tertiary/aromatic N) is 4. The van der Waals surface area contributed by atoms with Gasteiger partial charge in [0.25, 0.3) is 0 Å². The quantitative estimate of drug-likeness (QED) is 0.799. The topological polar surface area (TPSA) is 35.6 Å². The van der Waals surface area contributed by atoms with Crippen LogP contribution < -0.4 is 0 Å².